The van der Waals surface area contributed by atoms with Gasteiger partial charge in [-0.2, -0.15) is 0 Å². The van der Waals surface area contributed by atoms with Crippen molar-refractivity contribution in [1.29, 1.82) is 0 Å². The molecule has 6 heteroatoms. The highest BCUT2D eigenvalue weighted by atomic mass is 16.5. The molecule has 0 bridgehead atoms. The molecule has 0 aromatic rings. The van der Waals surface area contributed by atoms with E-state index in [1.54, 1.807) is 7.11 Å². The van der Waals surface area contributed by atoms with Gasteiger partial charge in [0.25, 0.3) is 0 Å². The molecule has 4 unspecified atom stereocenters. The van der Waals surface area contributed by atoms with Crippen molar-refractivity contribution >= 4 is 11.8 Å². The van der Waals surface area contributed by atoms with Crippen molar-refractivity contribution in [1.82, 2.24) is 10.6 Å². The van der Waals surface area contributed by atoms with E-state index in [1.165, 1.54) is 0 Å². The summed E-state index contributed by atoms with van der Waals surface area (Å²) >= 11 is 0. The lowest BCUT2D eigenvalue weighted by molar-refractivity contribution is -0.143. The lowest BCUT2D eigenvalue weighted by Gasteiger charge is -2.45. The Morgan fingerprint density at radius 3 is 2.83 bits per heavy atom. The van der Waals surface area contributed by atoms with Crippen LogP contribution in [0.5, 0.6) is 0 Å². The minimum atomic E-state index is -0.298. The highest BCUT2D eigenvalue weighted by Gasteiger charge is 2.44. The maximum absolute atomic E-state index is 11.6. The van der Waals surface area contributed by atoms with Crippen molar-refractivity contribution < 1.29 is 19.1 Å². The van der Waals surface area contributed by atoms with Gasteiger partial charge in [0.2, 0.25) is 11.8 Å². The summed E-state index contributed by atoms with van der Waals surface area (Å²) in [6.45, 7) is 2.61. The summed E-state index contributed by atoms with van der Waals surface area (Å²) in [5, 5.41) is 5.59. The molecule has 2 rings (SSSR count). The molecule has 102 valence electrons. The molecule has 1 saturated heterocycles. The molecule has 1 aliphatic carbocycles. The minimum absolute atomic E-state index is 0.0182. The topological polar surface area (TPSA) is 76.7 Å². The van der Waals surface area contributed by atoms with Crippen LogP contribution < -0.4 is 10.6 Å². The first kappa shape index (κ1) is 13.5. The molecule has 1 aliphatic heterocycles. The zero-order chi connectivity index (χ0) is 13.1. The standard InChI is InChI=1S/C12H20N2O4/c1-3-18-9-6-8(11(9)17-2)13-7-4-5-10(15)14-12(7)16/h7-9,11,13H,3-6H2,1-2H3,(H,14,15,16). The lowest BCUT2D eigenvalue weighted by Crippen LogP contribution is -2.64. The number of nitrogens with one attached hydrogen (secondary N) is 2. The van der Waals surface area contributed by atoms with Crippen molar-refractivity contribution in [2.24, 2.45) is 0 Å². The van der Waals surface area contributed by atoms with Gasteiger partial charge in [0.1, 0.15) is 0 Å². The van der Waals surface area contributed by atoms with Gasteiger partial charge in [-0.1, -0.05) is 0 Å². The third kappa shape index (κ3) is 2.71. The van der Waals surface area contributed by atoms with Gasteiger partial charge in [0.15, 0.2) is 0 Å². The van der Waals surface area contributed by atoms with Crippen LogP contribution in [0.25, 0.3) is 0 Å². The highest BCUT2D eigenvalue weighted by Crippen LogP contribution is 2.27. The number of imide groups is 1. The summed E-state index contributed by atoms with van der Waals surface area (Å²) in [4.78, 5) is 22.7. The Morgan fingerprint density at radius 1 is 1.44 bits per heavy atom. The number of piperidine rings is 1. The highest BCUT2D eigenvalue weighted by molar-refractivity contribution is 6.00. The van der Waals surface area contributed by atoms with E-state index < -0.39 is 0 Å². The van der Waals surface area contributed by atoms with Gasteiger partial charge >= 0.3 is 0 Å². The van der Waals surface area contributed by atoms with Crippen molar-refractivity contribution in [2.75, 3.05) is 13.7 Å². The van der Waals surface area contributed by atoms with E-state index in [0.717, 1.165) is 6.42 Å². The third-order valence-corrected chi connectivity index (χ3v) is 3.56. The Labute approximate surface area is 106 Å². The van der Waals surface area contributed by atoms with Crippen LogP contribution in [0, 0.1) is 0 Å². The van der Waals surface area contributed by atoms with E-state index in [2.05, 4.69) is 10.6 Å². The Balaban J connectivity index is 1.83. The average molecular weight is 256 g/mol. The number of methoxy groups -OCH3 is 1. The molecule has 0 aromatic carbocycles. The average Bonchev–Trinajstić information content (AvgIpc) is 2.31. The first-order valence-corrected chi connectivity index (χ1v) is 6.39. The number of carbonyl (C=O) groups is 2. The predicted molar refractivity (Wildman–Crippen MR) is 63.9 cm³/mol. The van der Waals surface area contributed by atoms with Crippen LogP contribution in [0.4, 0.5) is 0 Å². The Kier molecular flexibility index (Phi) is 4.31. The Hall–Kier alpha value is -0.980. The molecule has 1 heterocycles. The molecular formula is C12H20N2O4. The van der Waals surface area contributed by atoms with Gasteiger partial charge in [-0.15, -0.1) is 0 Å². The lowest BCUT2D eigenvalue weighted by atomic mass is 9.84. The van der Waals surface area contributed by atoms with Crippen molar-refractivity contribution in [2.45, 2.75) is 50.5 Å². The van der Waals surface area contributed by atoms with Crippen LogP contribution in [0.15, 0.2) is 0 Å². The van der Waals surface area contributed by atoms with E-state index in [-0.39, 0.29) is 36.1 Å². The van der Waals surface area contributed by atoms with Crippen molar-refractivity contribution in [3.8, 4) is 0 Å². The number of rotatable bonds is 5. The van der Waals surface area contributed by atoms with Gasteiger partial charge < -0.3 is 14.8 Å². The van der Waals surface area contributed by atoms with Crippen LogP contribution in [0.2, 0.25) is 0 Å². The van der Waals surface area contributed by atoms with E-state index in [9.17, 15) is 9.59 Å². The molecule has 0 radical (unpaired) electrons. The second-order valence-electron chi connectivity index (χ2n) is 4.71. The first-order chi connectivity index (χ1) is 8.65. The summed E-state index contributed by atoms with van der Waals surface area (Å²) in [6, 6.07) is -0.177. The summed E-state index contributed by atoms with van der Waals surface area (Å²) in [5.74, 6) is -0.428. The molecule has 0 aromatic heterocycles. The smallest absolute Gasteiger partial charge is 0.243 e. The molecule has 4 atom stereocenters. The van der Waals surface area contributed by atoms with Crippen molar-refractivity contribution in [3.63, 3.8) is 0 Å². The summed E-state index contributed by atoms with van der Waals surface area (Å²) in [7, 11) is 1.65. The van der Waals surface area contributed by atoms with Crippen LogP contribution in [-0.4, -0.2) is 49.8 Å². The maximum atomic E-state index is 11.6. The van der Waals surface area contributed by atoms with Gasteiger partial charge in [-0.05, 0) is 19.8 Å². The quantitative estimate of drug-likeness (QED) is 0.653. The SMILES string of the molecule is CCOC1CC(NC2CCC(=O)NC2=O)C1OC. The normalized spacial score (nSPS) is 36.1. The monoisotopic (exact) mass is 256 g/mol. The molecule has 6 nitrogen and oxygen atoms in total. The maximum Gasteiger partial charge on any atom is 0.243 e. The van der Waals surface area contributed by atoms with E-state index in [1.807, 2.05) is 6.92 Å². The molecule has 1 saturated carbocycles. The van der Waals surface area contributed by atoms with E-state index in [4.69, 9.17) is 9.47 Å². The van der Waals surface area contributed by atoms with Gasteiger partial charge in [-0.3, -0.25) is 14.9 Å². The fraction of sp³-hybridized carbons (Fsp3) is 0.833. The van der Waals surface area contributed by atoms with Crippen LogP contribution in [-0.2, 0) is 19.1 Å². The number of carbonyl (C=O) groups excluding carboxylic acids is 2. The summed E-state index contributed by atoms with van der Waals surface area (Å²) < 4.78 is 10.9. The number of ether oxygens (including phenoxy) is 2. The van der Waals surface area contributed by atoms with Crippen LogP contribution >= 0.6 is 0 Å². The molecule has 2 amide bonds. The number of amides is 2. The zero-order valence-electron chi connectivity index (χ0n) is 10.8. The van der Waals surface area contributed by atoms with Crippen molar-refractivity contribution in [3.05, 3.63) is 0 Å². The molecule has 2 fully saturated rings. The number of hydrogen-bond acceptors (Lipinski definition) is 5. The Morgan fingerprint density at radius 2 is 2.22 bits per heavy atom. The van der Waals surface area contributed by atoms with Gasteiger partial charge in [-0.25, -0.2) is 0 Å². The minimum Gasteiger partial charge on any atom is -0.377 e. The fourth-order valence-electron chi connectivity index (χ4n) is 2.55. The van der Waals surface area contributed by atoms with Crippen LogP contribution in [0.1, 0.15) is 26.2 Å². The largest absolute Gasteiger partial charge is 0.377 e. The molecule has 0 spiro atoms. The summed E-state index contributed by atoms with van der Waals surface area (Å²) in [6.07, 6.45) is 1.87. The Bertz CT molecular complexity index is 334. The molecular weight excluding hydrogens is 236 g/mol. The summed E-state index contributed by atoms with van der Waals surface area (Å²) in [5.41, 5.74) is 0. The van der Waals surface area contributed by atoms with Crippen LogP contribution in [0.3, 0.4) is 0 Å². The molecule has 2 N–H and O–H groups in total. The van der Waals surface area contributed by atoms with E-state index >= 15 is 0 Å². The number of hydrogen-bond donors (Lipinski definition) is 2. The van der Waals surface area contributed by atoms with E-state index in [0.29, 0.717) is 19.4 Å². The zero-order valence-corrected chi connectivity index (χ0v) is 10.8. The molecule has 18 heavy (non-hydrogen) atoms. The first-order valence-electron chi connectivity index (χ1n) is 6.39. The second-order valence-corrected chi connectivity index (χ2v) is 4.71. The van der Waals surface area contributed by atoms with Gasteiger partial charge in [0.05, 0.1) is 18.2 Å². The second kappa shape index (κ2) is 5.77. The molecule has 2 aliphatic rings. The predicted octanol–water partition coefficient (Wildman–Crippen LogP) is -0.426. The third-order valence-electron chi connectivity index (χ3n) is 3.56. The van der Waals surface area contributed by atoms with Gasteiger partial charge in [0, 0.05) is 26.2 Å². The fourth-order valence-corrected chi connectivity index (χ4v) is 2.55.